The molecule has 6 heteroatoms. The number of carbonyl (C=O) groups is 1. The Morgan fingerprint density at radius 3 is 3.05 bits per heavy atom. The third-order valence-electron chi connectivity index (χ3n) is 5.17. The Balaban J connectivity index is 1.47. The van der Waals surface area contributed by atoms with Gasteiger partial charge < -0.3 is 14.6 Å². The molecule has 1 aromatic heterocycles. The van der Waals surface area contributed by atoms with E-state index >= 15 is 0 Å². The van der Waals surface area contributed by atoms with Crippen LogP contribution in [0.5, 0.6) is 0 Å². The maximum Gasteiger partial charge on any atom is 0.223 e. The first-order chi connectivity index (χ1) is 10.7. The highest BCUT2D eigenvalue weighted by atomic mass is 16.5. The van der Waals surface area contributed by atoms with Crippen LogP contribution >= 0.6 is 0 Å². The molecule has 4 rings (SSSR count). The number of nitrogens with zero attached hydrogens (tertiary/aromatic N) is 3. The van der Waals surface area contributed by atoms with Crippen LogP contribution in [-0.4, -0.2) is 51.7 Å². The first kappa shape index (κ1) is 14.2. The van der Waals surface area contributed by atoms with Crippen molar-refractivity contribution in [3.63, 3.8) is 0 Å². The molecule has 1 aliphatic carbocycles. The molecule has 0 aromatic carbocycles. The Morgan fingerprint density at radius 2 is 2.32 bits per heavy atom. The van der Waals surface area contributed by atoms with E-state index in [0.717, 1.165) is 51.2 Å². The van der Waals surface area contributed by atoms with Crippen molar-refractivity contribution in [3.05, 3.63) is 18.2 Å². The number of imidazole rings is 1. The Morgan fingerprint density at radius 1 is 1.45 bits per heavy atom. The summed E-state index contributed by atoms with van der Waals surface area (Å²) < 4.78 is 8.08. The van der Waals surface area contributed by atoms with Crippen molar-refractivity contribution in [2.75, 3.05) is 13.2 Å². The summed E-state index contributed by atoms with van der Waals surface area (Å²) in [4.78, 5) is 19.0. The molecule has 6 nitrogen and oxygen atoms in total. The number of aryl methyl sites for hydroxylation is 1. The molecule has 22 heavy (non-hydrogen) atoms. The second-order valence-corrected chi connectivity index (χ2v) is 6.82. The molecule has 0 bridgehead atoms. The Hall–Kier alpha value is -1.40. The van der Waals surface area contributed by atoms with E-state index in [-0.39, 0.29) is 24.0 Å². The van der Waals surface area contributed by atoms with Crippen LogP contribution in [0.4, 0.5) is 0 Å². The monoisotopic (exact) mass is 304 g/mol. The number of rotatable bonds is 4. The van der Waals surface area contributed by atoms with Crippen molar-refractivity contribution < 1.29 is 9.53 Å². The van der Waals surface area contributed by atoms with Gasteiger partial charge in [-0.1, -0.05) is 0 Å². The molecule has 3 fully saturated rings. The summed E-state index contributed by atoms with van der Waals surface area (Å²) in [6, 6.07) is 0.522. The fraction of sp³-hybridized carbons (Fsp3) is 0.750. The number of ether oxygens (including phenoxy) is 1. The van der Waals surface area contributed by atoms with Gasteiger partial charge in [0.1, 0.15) is 5.82 Å². The van der Waals surface area contributed by atoms with Gasteiger partial charge in [-0.15, -0.1) is 0 Å². The van der Waals surface area contributed by atoms with Crippen LogP contribution in [0.15, 0.2) is 12.4 Å². The van der Waals surface area contributed by atoms with Gasteiger partial charge in [-0.3, -0.25) is 9.69 Å². The molecule has 0 unspecified atom stereocenters. The minimum atomic E-state index is 0.124. The smallest absolute Gasteiger partial charge is 0.223 e. The molecular formula is C16H24N4O2. The molecular weight excluding hydrogens is 280 g/mol. The number of amides is 1. The fourth-order valence-corrected chi connectivity index (χ4v) is 3.74. The van der Waals surface area contributed by atoms with Gasteiger partial charge in [0, 0.05) is 44.6 Å². The summed E-state index contributed by atoms with van der Waals surface area (Å²) in [5, 5.41) is 3.23. The number of carbonyl (C=O) groups excluding carboxylic acids is 1. The third kappa shape index (κ3) is 2.65. The van der Waals surface area contributed by atoms with Gasteiger partial charge in [0.05, 0.1) is 18.7 Å². The Kier molecular flexibility index (Phi) is 3.66. The average Bonchev–Trinajstić information content (AvgIpc) is 3.23. The molecule has 2 aliphatic heterocycles. The van der Waals surface area contributed by atoms with Crippen molar-refractivity contribution in [1.29, 1.82) is 0 Å². The van der Waals surface area contributed by atoms with E-state index in [9.17, 15) is 4.79 Å². The standard InChI is InChI=1S/C16H24N4O2/c1-19-7-6-17-14(19)10-20-9-12(18-16(21)11-4-5-11)15-13(20)3-2-8-22-15/h6-7,11-13,15H,2-5,8-10H2,1H3,(H,18,21)/t12-,13+,15+/m1/s1. The number of likely N-dealkylation sites (tertiary alicyclic amines) is 1. The van der Waals surface area contributed by atoms with Gasteiger partial charge >= 0.3 is 0 Å². The molecule has 1 N–H and O–H groups in total. The second-order valence-electron chi connectivity index (χ2n) is 6.82. The zero-order valence-electron chi connectivity index (χ0n) is 13.1. The predicted molar refractivity (Wildman–Crippen MR) is 81.0 cm³/mol. The van der Waals surface area contributed by atoms with Crippen molar-refractivity contribution in [2.24, 2.45) is 13.0 Å². The number of nitrogens with one attached hydrogen (secondary N) is 1. The van der Waals surface area contributed by atoms with Crippen LogP contribution in [0, 0.1) is 5.92 Å². The largest absolute Gasteiger partial charge is 0.374 e. The van der Waals surface area contributed by atoms with Crippen LogP contribution in [0.25, 0.3) is 0 Å². The Labute approximate surface area is 130 Å². The van der Waals surface area contributed by atoms with Gasteiger partial charge in [0.15, 0.2) is 0 Å². The number of aromatic nitrogens is 2. The van der Waals surface area contributed by atoms with Crippen molar-refractivity contribution in [2.45, 2.75) is 50.4 Å². The molecule has 3 aliphatic rings. The topological polar surface area (TPSA) is 59.4 Å². The van der Waals surface area contributed by atoms with Gasteiger partial charge in [-0.05, 0) is 25.7 Å². The van der Waals surface area contributed by atoms with Crippen molar-refractivity contribution in [3.8, 4) is 0 Å². The first-order valence-corrected chi connectivity index (χ1v) is 8.34. The molecule has 1 aromatic rings. The first-order valence-electron chi connectivity index (χ1n) is 8.34. The maximum atomic E-state index is 12.1. The Bertz CT molecular complexity index is 554. The fourth-order valence-electron chi connectivity index (χ4n) is 3.74. The molecule has 2 saturated heterocycles. The lowest BCUT2D eigenvalue weighted by atomic mass is 10.0. The minimum absolute atomic E-state index is 0.124. The highest BCUT2D eigenvalue weighted by Crippen LogP contribution is 2.32. The lowest BCUT2D eigenvalue weighted by Crippen LogP contribution is -2.48. The van der Waals surface area contributed by atoms with Crippen LogP contribution in [0.1, 0.15) is 31.5 Å². The summed E-state index contributed by atoms with van der Waals surface area (Å²) in [6.45, 7) is 2.50. The average molecular weight is 304 g/mol. The summed E-state index contributed by atoms with van der Waals surface area (Å²) in [5.41, 5.74) is 0. The highest BCUT2D eigenvalue weighted by Gasteiger charge is 2.45. The van der Waals surface area contributed by atoms with Gasteiger partial charge in [0.2, 0.25) is 5.91 Å². The quantitative estimate of drug-likeness (QED) is 0.888. The van der Waals surface area contributed by atoms with Crippen LogP contribution in [0.3, 0.4) is 0 Å². The molecule has 0 radical (unpaired) electrons. The van der Waals surface area contributed by atoms with Gasteiger partial charge in [-0.2, -0.15) is 0 Å². The highest BCUT2D eigenvalue weighted by molar-refractivity contribution is 5.81. The molecule has 0 spiro atoms. The lowest BCUT2D eigenvalue weighted by molar-refractivity contribution is -0.124. The van der Waals surface area contributed by atoms with Crippen molar-refractivity contribution >= 4 is 5.91 Å². The second kappa shape index (κ2) is 5.66. The molecule has 1 amide bonds. The summed E-state index contributed by atoms with van der Waals surface area (Å²) in [7, 11) is 2.03. The predicted octanol–water partition coefficient (Wildman–Crippen LogP) is 0.678. The molecule has 3 atom stereocenters. The van der Waals surface area contributed by atoms with Crippen LogP contribution in [0.2, 0.25) is 0 Å². The van der Waals surface area contributed by atoms with E-state index in [1.165, 1.54) is 0 Å². The number of hydrogen-bond donors (Lipinski definition) is 1. The van der Waals surface area contributed by atoms with E-state index in [1.807, 2.05) is 19.4 Å². The van der Waals surface area contributed by atoms with E-state index in [4.69, 9.17) is 4.74 Å². The van der Waals surface area contributed by atoms with E-state index in [2.05, 4.69) is 19.8 Å². The molecule has 3 heterocycles. The van der Waals surface area contributed by atoms with Gasteiger partial charge in [-0.25, -0.2) is 4.98 Å². The summed E-state index contributed by atoms with van der Waals surface area (Å²) in [6.07, 6.45) is 8.29. The van der Waals surface area contributed by atoms with E-state index in [1.54, 1.807) is 0 Å². The SMILES string of the molecule is Cn1ccnc1CN1C[C@@H](NC(=O)C2CC2)[C@@H]2OCCC[C@@H]21. The number of fused-ring (bicyclic) bond motifs is 1. The van der Waals surface area contributed by atoms with Gasteiger partial charge in [0.25, 0.3) is 0 Å². The normalized spacial score (nSPS) is 32.0. The maximum absolute atomic E-state index is 12.1. The van der Waals surface area contributed by atoms with E-state index < -0.39 is 0 Å². The van der Waals surface area contributed by atoms with Crippen molar-refractivity contribution in [1.82, 2.24) is 19.8 Å². The molecule has 120 valence electrons. The van der Waals surface area contributed by atoms with E-state index in [0.29, 0.717) is 6.04 Å². The zero-order chi connectivity index (χ0) is 15.1. The zero-order valence-corrected chi connectivity index (χ0v) is 13.1. The summed E-state index contributed by atoms with van der Waals surface area (Å²) in [5.74, 6) is 1.54. The molecule has 1 saturated carbocycles. The lowest BCUT2D eigenvalue weighted by Gasteiger charge is -2.32. The summed E-state index contributed by atoms with van der Waals surface area (Å²) >= 11 is 0. The minimum Gasteiger partial charge on any atom is -0.374 e. The number of hydrogen-bond acceptors (Lipinski definition) is 4. The van der Waals surface area contributed by atoms with Crippen LogP contribution < -0.4 is 5.32 Å². The third-order valence-corrected chi connectivity index (χ3v) is 5.17. The van der Waals surface area contributed by atoms with Crippen LogP contribution in [-0.2, 0) is 23.1 Å².